The third-order valence-electron chi connectivity index (χ3n) is 1.75. The molecule has 0 aromatic rings. The van der Waals surface area contributed by atoms with E-state index < -0.39 is 23.9 Å². The van der Waals surface area contributed by atoms with Crippen LogP contribution in [0.15, 0.2) is 0 Å². The van der Waals surface area contributed by atoms with E-state index in [9.17, 15) is 14.4 Å². The van der Waals surface area contributed by atoms with Crippen LogP contribution >= 0.6 is 0 Å². The van der Waals surface area contributed by atoms with E-state index in [0.717, 1.165) is 6.42 Å². The number of imide groups is 1. The van der Waals surface area contributed by atoms with Crippen molar-refractivity contribution in [2.75, 3.05) is 6.61 Å². The fourth-order valence-corrected chi connectivity index (χ4v) is 1.03. The summed E-state index contributed by atoms with van der Waals surface area (Å²) in [5, 5.41) is 2.03. The lowest BCUT2D eigenvalue weighted by molar-refractivity contribution is -0.146. The van der Waals surface area contributed by atoms with E-state index >= 15 is 0 Å². The van der Waals surface area contributed by atoms with E-state index in [-0.39, 0.29) is 6.42 Å². The molecule has 7 heteroatoms. The van der Waals surface area contributed by atoms with Gasteiger partial charge in [0.15, 0.2) is 0 Å². The first-order valence-electron chi connectivity index (χ1n) is 4.65. The first-order valence-corrected chi connectivity index (χ1v) is 4.65. The molecular formula is C8H13N3O4. The fourth-order valence-electron chi connectivity index (χ4n) is 1.03. The van der Waals surface area contributed by atoms with Gasteiger partial charge in [0.1, 0.15) is 6.04 Å². The van der Waals surface area contributed by atoms with E-state index in [1.54, 1.807) is 0 Å². The second kappa shape index (κ2) is 5.30. The Hall–Kier alpha value is -1.63. The number of urea groups is 1. The number of hydrazine groups is 1. The molecule has 1 atom stereocenters. The van der Waals surface area contributed by atoms with Gasteiger partial charge in [0.05, 0.1) is 13.0 Å². The van der Waals surface area contributed by atoms with Crippen LogP contribution < -0.4 is 16.2 Å². The molecule has 0 aromatic carbocycles. The summed E-state index contributed by atoms with van der Waals surface area (Å²) in [7, 11) is 0. The Labute approximate surface area is 86.5 Å². The van der Waals surface area contributed by atoms with Crippen LogP contribution in [0, 0.1) is 0 Å². The van der Waals surface area contributed by atoms with Gasteiger partial charge < -0.3 is 4.74 Å². The number of carbonyl (C=O) groups excluding carboxylic acids is 3. The summed E-state index contributed by atoms with van der Waals surface area (Å²) in [5.41, 5.74) is 4.61. The van der Waals surface area contributed by atoms with Crippen LogP contribution in [0.1, 0.15) is 19.8 Å². The molecule has 1 aliphatic rings. The van der Waals surface area contributed by atoms with Gasteiger partial charge in [-0.15, -0.1) is 0 Å². The molecule has 0 saturated carbocycles. The second-order valence-electron chi connectivity index (χ2n) is 3.06. The van der Waals surface area contributed by atoms with Crippen molar-refractivity contribution >= 4 is 17.9 Å². The number of ether oxygens (including phenoxy) is 1. The highest BCUT2D eigenvalue weighted by atomic mass is 16.5. The van der Waals surface area contributed by atoms with Crippen molar-refractivity contribution < 1.29 is 19.1 Å². The maximum absolute atomic E-state index is 11.2. The minimum Gasteiger partial charge on any atom is -0.466 e. The maximum Gasteiger partial charge on any atom is 0.335 e. The number of amides is 3. The molecule has 1 rings (SSSR count). The SMILES string of the molecule is CCCOC(=O)CC1NNC(=O)NC1=O. The molecule has 7 nitrogen and oxygen atoms in total. The van der Waals surface area contributed by atoms with Crippen molar-refractivity contribution in [2.45, 2.75) is 25.8 Å². The molecule has 1 unspecified atom stereocenters. The van der Waals surface area contributed by atoms with Crippen LogP contribution in [-0.4, -0.2) is 30.6 Å². The fraction of sp³-hybridized carbons (Fsp3) is 0.625. The smallest absolute Gasteiger partial charge is 0.335 e. The Kier molecular flexibility index (Phi) is 4.04. The zero-order chi connectivity index (χ0) is 11.3. The van der Waals surface area contributed by atoms with Crippen LogP contribution in [0.2, 0.25) is 0 Å². The lowest BCUT2D eigenvalue weighted by atomic mass is 10.2. The summed E-state index contributed by atoms with van der Waals surface area (Å²) in [6, 6.07) is -1.40. The van der Waals surface area contributed by atoms with Crippen LogP contribution in [0.5, 0.6) is 0 Å². The minimum atomic E-state index is -0.771. The molecule has 0 spiro atoms. The van der Waals surface area contributed by atoms with Crippen LogP contribution in [0.3, 0.4) is 0 Å². The third-order valence-corrected chi connectivity index (χ3v) is 1.75. The molecule has 3 amide bonds. The first-order chi connectivity index (χ1) is 7.13. The number of nitrogens with one attached hydrogen (secondary N) is 3. The third kappa shape index (κ3) is 3.55. The summed E-state index contributed by atoms with van der Waals surface area (Å²) >= 11 is 0. The molecule has 1 saturated heterocycles. The van der Waals surface area contributed by atoms with Crippen molar-refractivity contribution in [3.8, 4) is 0 Å². The highest BCUT2D eigenvalue weighted by Crippen LogP contribution is 1.98. The predicted molar refractivity (Wildman–Crippen MR) is 49.5 cm³/mol. The van der Waals surface area contributed by atoms with Gasteiger partial charge in [-0.2, -0.15) is 0 Å². The monoisotopic (exact) mass is 215 g/mol. The van der Waals surface area contributed by atoms with Gasteiger partial charge in [0.25, 0.3) is 0 Å². The topological polar surface area (TPSA) is 96.5 Å². The number of hydrogen-bond donors (Lipinski definition) is 3. The normalized spacial score (nSPS) is 20.5. The molecule has 0 aromatic heterocycles. The second-order valence-corrected chi connectivity index (χ2v) is 3.06. The summed E-state index contributed by atoms with van der Waals surface area (Å²) in [6.45, 7) is 2.21. The zero-order valence-electron chi connectivity index (χ0n) is 8.33. The van der Waals surface area contributed by atoms with Gasteiger partial charge in [0.2, 0.25) is 5.91 Å². The molecule has 84 valence electrons. The van der Waals surface area contributed by atoms with Crippen molar-refractivity contribution in [1.82, 2.24) is 16.2 Å². The molecular weight excluding hydrogens is 202 g/mol. The Morgan fingerprint density at radius 3 is 2.80 bits per heavy atom. The maximum atomic E-state index is 11.2. The van der Waals surface area contributed by atoms with Crippen molar-refractivity contribution in [1.29, 1.82) is 0 Å². The lowest BCUT2D eigenvalue weighted by Gasteiger charge is -2.22. The largest absolute Gasteiger partial charge is 0.466 e. The highest BCUT2D eigenvalue weighted by Gasteiger charge is 2.28. The van der Waals surface area contributed by atoms with Gasteiger partial charge in [-0.1, -0.05) is 6.92 Å². The Bertz CT molecular complexity index is 279. The van der Waals surface area contributed by atoms with Crippen LogP contribution in [0.25, 0.3) is 0 Å². The average molecular weight is 215 g/mol. The predicted octanol–water partition coefficient (Wildman–Crippen LogP) is -0.958. The molecule has 1 fully saturated rings. The Morgan fingerprint density at radius 1 is 1.47 bits per heavy atom. The molecule has 15 heavy (non-hydrogen) atoms. The molecule has 1 heterocycles. The Balaban J connectivity index is 2.34. The molecule has 0 bridgehead atoms. The quantitative estimate of drug-likeness (QED) is 0.525. The summed E-state index contributed by atoms with van der Waals surface area (Å²) in [5.74, 6) is -1.01. The van der Waals surface area contributed by atoms with Gasteiger partial charge in [-0.05, 0) is 6.42 Å². The van der Waals surface area contributed by atoms with Crippen molar-refractivity contribution in [3.63, 3.8) is 0 Å². The number of carbonyl (C=O) groups is 3. The van der Waals surface area contributed by atoms with Gasteiger partial charge in [-0.3, -0.25) is 20.3 Å². The standard InChI is InChI=1S/C8H13N3O4/c1-2-3-15-6(12)4-5-7(13)9-8(14)11-10-5/h5,10H,2-4H2,1H3,(H2,9,11,13,14). The van der Waals surface area contributed by atoms with E-state index in [1.165, 1.54) is 0 Å². The summed E-state index contributed by atoms with van der Waals surface area (Å²) in [4.78, 5) is 33.0. The molecule has 1 aliphatic heterocycles. The molecule has 0 radical (unpaired) electrons. The summed E-state index contributed by atoms with van der Waals surface area (Å²) < 4.78 is 4.80. The van der Waals surface area contributed by atoms with E-state index in [2.05, 4.69) is 10.9 Å². The zero-order valence-corrected chi connectivity index (χ0v) is 8.33. The minimum absolute atomic E-state index is 0.105. The van der Waals surface area contributed by atoms with E-state index in [4.69, 9.17) is 4.74 Å². The van der Waals surface area contributed by atoms with Crippen molar-refractivity contribution in [2.24, 2.45) is 0 Å². The lowest BCUT2D eigenvalue weighted by Crippen LogP contribution is -2.62. The van der Waals surface area contributed by atoms with Gasteiger partial charge in [0, 0.05) is 0 Å². The van der Waals surface area contributed by atoms with E-state index in [1.807, 2.05) is 12.2 Å². The number of rotatable bonds is 4. The molecule has 3 N–H and O–H groups in total. The van der Waals surface area contributed by atoms with Crippen LogP contribution in [-0.2, 0) is 14.3 Å². The Morgan fingerprint density at radius 2 is 2.20 bits per heavy atom. The van der Waals surface area contributed by atoms with Crippen molar-refractivity contribution in [3.05, 3.63) is 0 Å². The highest BCUT2D eigenvalue weighted by molar-refractivity contribution is 6.00. The first kappa shape index (κ1) is 11.4. The number of esters is 1. The van der Waals surface area contributed by atoms with E-state index in [0.29, 0.717) is 6.61 Å². The van der Waals surface area contributed by atoms with Gasteiger partial charge in [-0.25, -0.2) is 10.2 Å². The summed E-state index contributed by atoms with van der Waals surface area (Å²) in [6.07, 6.45) is 0.624. The van der Waals surface area contributed by atoms with Gasteiger partial charge >= 0.3 is 12.0 Å². The van der Waals surface area contributed by atoms with Crippen LogP contribution in [0.4, 0.5) is 4.79 Å². The number of hydrogen-bond acceptors (Lipinski definition) is 5. The molecule has 0 aliphatic carbocycles. The average Bonchev–Trinajstić information content (AvgIpc) is 2.19.